The van der Waals surface area contributed by atoms with E-state index in [1.807, 2.05) is 38.2 Å². The quantitative estimate of drug-likeness (QED) is 0.863. The minimum Gasteiger partial charge on any atom is -0.350 e. The molecule has 1 heterocycles. The number of aryl methyl sites for hydroxylation is 2. The first-order valence-electron chi connectivity index (χ1n) is 6.89. The van der Waals surface area contributed by atoms with E-state index < -0.39 is 0 Å². The second kappa shape index (κ2) is 5.90. The number of anilines is 3. The molecule has 2 aromatic rings. The summed E-state index contributed by atoms with van der Waals surface area (Å²) in [5.74, 6) is 1.40. The largest absolute Gasteiger partial charge is 0.350 e. The summed E-state index contributed by atoms with van der Waals surface area (Å²) in [6, 6.07) is 5.82. The van der Waals surface area contributed by atoms with Gasteiger partial charge in [-0.25, -0.2) is 4.98 Å². The number of hydrogen-bond acceptors (Lipinski definition) is 4. The third-order valence-corrected chi connectivity index (χ3v) is 3.30. The van der Waals surface area contributed by atoms with Crippen LogP contribution in [0.25, 0.3) is 0 Å². The molecular weight excluding hydrogens is 284 g/mol. The number of halogens is 1. The predicted octanol–water partition coefficient (Wildman–Crippen LogP) is 4.70. The monoisotopic (exact) mass is 304 g/mol. The normalized spacial score (nSPS) is 11.3. The van der Waals surface area contributed by atoms with E-state index in [-0.39, 0.29) is 5.54 Å². The third-order valence-electron chi connectivity index (χ3n) is 2.88. The van der Waals surface area contributed by atoms with Gasteiger partial charge in [-0.1, -0.05) is 11.6 Å². The standard InChI is InChI=1S/C16H21ClN4/c1-10-8-12(6-7-13(10)17)19-14-11(2)9-18-15(20-14)21-16(3,4)5/h6-9H,1-5H3,(H2,18,19,20,21). The molecule has 0 bridgehead atoms. The van der Waals surface area contributed by atoms with E-state index in [4.69, 9.17) is 11.6 Å². The molecule has 0 saturated carbocycles. The SMILES string of the molecule is Cc1cc(Nc2nc(NC(C)(C)C)ncc2C)ccc1Cl. The van der Waals surface area contributed by atoms with E-state index in [0.717, 1.165) is 27.7 Å². The predicted molar refractivity (Wildman–Crippen MR) is 89.6 cm³/mol. The van der Waals surface area contributed by atoms with Gasteiger partial charge in [-0.2, -0.15) is 4.98 Å². The highest BCUT2D eigenvalue weighted by molar-refractivity contribution is 6.31. The number of benzene rings is 1. The van der Waals surface area contributed by atoms with Crippen molar-refractivity contribution in [2.45, 2.75) is 40.2 Å². The zero-order valence-corrected chi connectivity index (χ0v) is 13.8. The number of nitrogens with one attached hydrogen (secondary N) is 2. The zero-order valence-electron chi connectivity index (χ0n) is 13.1. The summed E-state index contributed by atoms with van der Waals surface area (Å²) in [7, 11) is 0. The molecule has 2 rings (SSSR count). The highest BCUT2D eigenvalue weighted by Gasteiger charge is 2.12. The number of hydrogen-bond donors (Lipinski definition) is 2. The van der Waals surface area contributed by atoms with Crippen LogP contribution in [-0.2, 0) is 0 Å². The molecule has 0 aliphatic rings. The van der Waals surface area contributed by atoms with Crippen LogP contribution in [-0.4, -0.2) is 15.5 Å². The second-order valence-corrected chi connectivity index (χ2v) is 6.60. The smallest absolute Gasteiger partial charge is 0.225 e. The molecule has 0 fully saturated rings. The van der Waals surface area contributed by atoms with Gasteiger partial charge in [0.1, 0.15) is 5.82 Å². The van der Waals surface area contributed by atoms with Gasteiger partial charge < -0.3 is 10.6 Å². The van der Waals surface area contributed by atoms with E-state index in [1.165, 1.54) is 0 Å². The van der Waals surface area contributed by atoms with Crippen molar-refractivity contribution in [3.8, 4) is 0 Å². The van der Waals surface area contributed by atoms with Gasteiger partial charge in [-0.05, 0) is 58.4 Å². The maximum atomic E-state index is 6.05. The lowest BCUT2D eigenvalue weighted by Gasteiger charge is -2.21. The van der Waals surface area contributed by atoms with Gasteiger partial charge in [0.15, 0.2) is 0 Å². The fourth-order valence-electron chi connectivity index (χ4n) is 1.82. The van der Waals surface area contributed by atoms with Crippen LogP contribution in [0.5, 0.6) is 0 Å². The molecule has 4 nitrogen and oxygen atoms in total. The Morgan fingerprint density at radius 3 is 2.43 bits per heavy atom. The van der Waals surface area contributed by atoms with Crippen molar-refractivity contribution < 1.29 is 0 Å². The number of aromatic nitrogens is 2. The van der Waals surface area contributed by atoms with Crippen molar-refractivity contribution in [3.05, 3.63) is 40.5 Å². The number of rotatable bonds is 3. The average molecular weight is 305 g/mol. The Hall–Kier alpha value is -1.81. The number of nitrogens with zero attached hydrogens (tertiary/aromatic N) is 2. The van der Waals surface area contributed by atoms with Crippen molar-refractivity contribution in [2.75, 3.05) is 10.6 Å². The van der Waals surface area contributed by atoms with Crippen LogP contribution < -0.4 is 10.6 Å². The maximum Gasteiger partial charge on any atom is 0.225 e. The van der Waals surface area contributed by atoms with Crippen LogP contribution >= 0.6 is 11.6 Å². The summed E-state index contributed by atoms with van der Waals surface area (Å²) in [5.41, 5.74) is 2.90. The Balaban J connectivity index is 2.26. The van der Waals surface area contributed by atoms with Crippen molar-refractivity contribution >= 4 is 29.1 Å². The van der Waals surface area contributed by atoms with Crippen LogP contribution in [0.2, 0.25) is 5.02 Å². The maximum absolute atomic E-state index is 6.05. The molecule has 112 valence electrons. The first-order chi connectivity index (χ1) is 9.74. The lowest BCUT2D eigenvalue weighted by Crippen LogP contribution is -2.27. The molecule has 2 N–H and O–H groups in total. The molecule has 0 unspecified atom stereocenters. The first-order valence-corrected chi connectivity index (χ1v) is 7.27. The average Bonchev–Trinajstić information content (AvgIpc) is 2.36. The molecular formula is C16H21ClN4. The molecule has 0 atom stereocenters. The molecule has 0 amide bonds. The Labute approximate surface area is 131 Å². The van der Waals surface area contributed by atoms with E-state index >= 15 is 0 Å². The minimum atomic E-state index is -0.0800. The van der Waals surface area contributed by atoms with Gasteiger partial charge in [-0.3, -0.25) is 0 Å². The van der Waals surface area contributed by atoms with Crippen molar-refractivity contribution in [1.29, 1.82) is 0 Å². The first kappa shape index (κ1) is 15.6. The fraction of sp³-hybridized carbons (Fsp3) is 0.375. The molecule has 21 heavy (non-hydrogen) atoms. The molecule has 0 spiro atoms. The molecule has 5 heteroatoms. The van der Waals surface area contributed by atoms with Gasteiger partial charge >= 0.3 is 0 Å². The van der Waals surface area contributed by atoms with Crippen molar-refractivity contribution in [1.82, 2.24) is 9.97 Å². The fourth-order valence-corrected chi connectivity index (χ4v) is 1.94. The topological polar surface area (TPSA) is 49.8 Å². The molecule has 1 aromatic heterocycles. The second-order valence-electron chi connectivity index (χ2n) is 6.19. The van der Waals surface area contributed by atoms with E-state index in [1.54, 1.807) is 0 Å². The van der Waals surface area contributed by atoms with Crippen LogP contribution in [0.3, 0.4) is 0 Å². The summed E-state index contributed by atoms with van der Waals surface area (Å²) in [4.78, 5) is 8.85. The molecule has 0 radical (unpaired) electrons. The molecule has 0 aliphatic heterocycles. The van der Waals surface area contributed by atoms with Crippen molar-refractivity contribution in [2.24, 2.45) is 0 Å². The summed E-state index contributed by atoms with van der Waals surface area (Å²) < 4.78 is 0. The van der Waals surface area contributed by atoms with Crippen LogP contribution in [0.4, 0.5) is 17.5 Å². The van der Waals surface area contributed by atoms with Crippen LogP contribution in [0.15, 0.2) is 24.4 Å². The molecule has 0 aliphatic carbocycles. The Morgan fingerprint density at radius 1 is 1.10 bits per heavy atom. The Kier molecular flexibility index (Phi) is 4.37. The minimum absolute atomic E-state index is 0.0800. The van der Waals surface area contributed by atoms with Gasteiger partial charge in [0.2, 0.25) is 5.95 Å². The van der Waals surface area contributed by atoms with Gasteiger partial charge in [0.05, 0.1) is 0 Å². The lowest BCUT2D eigenvalue weighted by atomic mass is 10.1. The van der Waals surface area contributed by atoms with Gasteiger partial charge in [0.25, 0.3) is 0 Å². The Morgan fingerprint density at radius 2 is 1.81 bits per heavy atom. The third kappa shape index (κ3) is 4.33. The van der Waals surface area contributed by atoms with Gasteiger partial charge in [0, 0.05) is 28.0 Å². The van der Waals surface area contributed by atoms with E-state index in [0.29, 0.717) is 5.95 Å². The lowest BCUT2D eigenvalue weighted by molar-refractivity contribution is 0.626. The van der Waals surface area contributed by atoms with Crippen molar-refractivity contribution in [3.63, 3.8) is 0 Å². The van der Waals surface area contributed by atoms with E-state index in [2.05, 4.69) is 41.4 Å². The highest BCUT2D eigenvalue weighted by atomic mass is 35.5. The van der Waals surface area contributed by atoms with E-state index in [9.17, 15) is 0 Å². The highest BCUT2D eigenvalue weighted by Crippen LogP contribution is 2.24. The molecule has 0 saturated heterocycles. The summed E-state index contributed by atoms with van der Waals surface area (Å²) in [6.45, 7) is 10.2. The van der Waals surface area contributed by atoms with Crippen LogP contribution in [0, 0.1) is 13.8 Å². The summed E-state index contributed by atoms with van der Waals surface area (Å²) >= 11 is 6.05. The molecule has 1 aromatic carbocycles. The zero-order chi connectivity index (χ0) is 15.6. The van der Waals surface area contributed by atoms with Crippen LogP contribution in [0.1, 0.15) is 31.9 Å². The summed E-state index contributed by atoms with van der Waals surface area (Å²) in [6.07, 6.45) is 1.81. The summed E-state index contributed by atoms with van der Waals surface area (Å²) in [5, 5.41) is 7.35. The Bertz CT molecular complexity index is 647. The van der Waals surface area contributed by atoms with Gasteiger partial charge in [-0.15, -0.1) is 0 Å².